The van der Waals surface area contributed by atoms with E-state index in [-0.39, 0.29) is 11.0 Å². The molecule has 1 aromatic carbocycles. The summed E-state index contributed by atoms with van der Waals surface area (Å²) in [6.07, 6.45) is 1.45. The van der Waals surface area contributed by atoms with Crippen molar-refractivity contribution in [2.75, 3.05) is 0 Å². The number of halogens is 2. The summed E-state index contributed by atoms with van der Waals surface area (Å²) < 4.78 is 13.1. The zero-order valence-electron chi connectivity index (χ0n) is 6.88. The Labute approximate surface area is 79.4 Å². The predicted molar refractivity (Wildman–Crippen MR) is 49.2 cm³/mol. The number of aryl methyl sites for hydroxylation is 1. The maximum absolute atomic E-state index is 13.1. The summed E-state index contributed by atoms with van der Waals surface area (Å²) in [4.78, 5) is 8.02. The minimum atomic E-state index is -0.288. The number of hydrogen-bond acceptors (Lipinski definition) is 2. The van der Waals surface area contributed by atoms with Gasteiger partial charge in [0.1, 0.15) is 11.0 Å². The molecule has 0 spiro atoms. The monoisotopic (exact) mass is 196 g/mol. The lowest BCUT2D eigenvalue weighted by molar-refractivity contribution is 0.620. The normalized spacial score (nSPS) is 10.7. The molecule has 2 rings (SSSR count). The van der Waals surface area contributed by atoms with Gasteiger partial charge in [0.15, 0.2) is 0 Å². The third-order valence-corrected chi connectivity index (χ3v) is 2.05. The van der Waals surface area contributed by atoms with Crippen LogP contribution in [0.15, 0.2) is 18.3 Å². The standard InChI is InChI=1S/C9H6ClFN2/c1-5-6(11)2-3-7-9(5)13-8(10)4-12-7/h2-4H,1H3. The van der Waals surface area contributed by atoms with E-state index in [4.69, 9.17) is 11.6 Å². The first kappa shape index (κ1) is 8.38. The second kappa shape index (κ2) is 2.92. The van der Waals surface area contributed by atoms with E-state index in [1.807, 2.05) is 0 Å². The van der Waals surface area contributed by atoms with Crippen molar-refractivity contribution in [3.05, 3.63) is 34.9 Å². The van der Waals surface area contributed by atoms with Gasteiger partial charge in [-0.1, -0.05) is 11.6 Å². The Hall–Kier alpha value is -1.22. The molecule has 4 heteroatoms. The van der Waals surface area contributed by atoms with Crippen LogP contribution < -0.4 is 0 Å². The Morgan fingerprint density at radius 2 is 2.15 bits per heavy atom. The highest BCUT2D eigenvalue weighted by molar-refractivity contribution is 6.29. The van der Waals surface area contributed by atoms with E-state index in [2.05, 4.69) is 9.97 Å². The number of rotatable bonds is 0. The maximum atomic E-state index is 13.1. The van der Waals surface area contributed by atoms with E-state index < -0.39 is 0 Å². The molecule has 1 aromatic heterocycles. The lowest BCUT2D eigenvalue weighted by Crippen LogP contribution is -1.90. The van der Waals surface area contributed by atoms with Crippen molar-refractivity contribution in [2.45, 2.75) is 6.92 Å². The Morgan fingerprint density at radius 3 is 2.92 bits per heavy atom. The molecule has 0 amide bonds. The molecule has 0 saturated heterocycles. The van der Waals surface area contributed by atoms with Crippen LogP contribution in [-0.2, 0) is 0 Å². The van der Waals surface area contributed by atoms with Crippen molar-refractivity contribution in [3.8, 4) is 0 Å². The molecule has 0 N–H and O–H groups in total. The van der Waals surface area contributed by atoms with Gasteiger partial charge in [-0.3, -0.25) is 4.98 Å². The van der Waals surface area contributed by atoms with E-state index in [1.165, 1.54) is 12.3 Å². The Kier molecular flexibility index (Phi) is 1.88. The summed E-state index contributed by atoms with van der Waals surface area (Å²) in [5, 5.41) is 0.279. The molecule has 0 bridgehead atoms. The number of aromatic nitrogens is 2. The topological polar surface area (TPSA) is 25.8 Å². The van der Waals surface area contributed by atoms with E-state index in [1.54, 1.807) is 13.0 Å². The van der Waals surface area contributed by atoms with Gasteiger partial charge in [0.25, 0.3) is 0 Å². The largest absolute Gasteiger partial charge is 0.251 e. The fraction of sp³-hybridized carbons (Fsp3) is 0.111. The highest BCUT2D eigenvalue weighted by Crippen LogP contribution is 2.18. The van der Waals surface area contributed by atoms with Crippen LogP contribution in [0.1, 0.15) is 5.56 Å². The lowest BCUT2D eigenvalue weighted by Gasteiger charge is -2.01. The van der Waals surface area contributed by atoms with Gasteiger partial charge in [-0.2, -0.15) is 0 Å². The average Bonchev–Trinajstić information content (AvgIpc) is 2.12. The van der Waals surface area contributed by atoms with Gasteiger partial charge in [0, 0.05) is 5.56 Å². The van der Waals surface area contributed by atoms with Crippen molar-refractivity contribution in [1.82, 2.24) is 9.97 Å². The SMILES string of the molecule is Cc1c(F)ccc2ncc(Cl)nc12. The van der Waals surface area contributed by atoms with Crippen molar-refractivity contribution >= 4 is 22.6 Å². The maximum Gasteiger partial charge on any atom is 0.148 e. The highest BCUT2D eigenvalue weighted by atomic mass is 35.5. The zero-order valence-corrected chi connectivity index (χ0v) is 7.64. The molecule has 0 unspecified atom stereocenters. The molecule has 0 saturated carbocycles. The van der Waals surface area contributed by atoms with E-state index in [0.29, 0.717) is 16.6 Å². The number of hydrogen-bond donors (Lipinski definition) is 0. The Balaban J connectivity index is 2.89. The van der Waals surface area contributed by atoms with Crippen LogP contribution in [0.4, 0.5) is 4.39 Å². The van der Waals surface area contributed by atoms with Crippen LogP contribution in [0.25, 0.3) is 11.0 Å². The van der Waals surface area contributed by atoms with Gasteiger partial charge in [0.2, 0.25) is 0 Å². The summed E-state index contributed by atoms with van der Waals surface area (Å²) in [5.41, 5.74) is 1.66. The van der Waals surface area contributed by atoms with Crippen LogP contribution in [-0.4, -0.2) is 9.97 Å². The summed E-state index contributed by atoms with van der Waals surface area (Å²) >= 11 is 5.65. The van der Waals surface area contributed by atoms with Crippen LogP contribution in [0.3, 0.4) is 0 Å². The fourth-order valence-corrected chi connectivity index (χ4v) is 1.30. The zero-order chi connectivity index (χ0) is 9.42. The van der Waals surface area contributed by atoms with Gasteiger partial charge in [-0.15, -0.1) is 0 Å². The van der Waals surface area contributed by atoms with Crippen LogP contribution >= 0.6 is 11.6 Å². The van der Waals surface area contributed by atoms with Crippen LogP contribution in [0, 0.1) is 12.7 Å². The second-order valence-electron chi connectivity index (χ2n) is 2.73. The van der Waals surface area contributed by atoms with Crippen molar-refractivity contribution in [1.29, 1.82) is 0 Å². The number of nitrogens with zero attached hydrogens (tertiary/aromatic N) is 2. The Bertz CT molecular complexity index is 465. The van der Waals surface area contributed by atoms with Crippen molar-refractivity contribution in [3.63, 3.8) is 0 Å². The van der Waals surface area contributed by atoms with Crippen molar-refractivity contribution in [2.24, 2.45) is 0 Å². The first-order valence-electron chi connectivity index (χ1n) is 3.76. The first-order chi connectivity index (χ1) is 6.18. The molecule has 0 radical (unpaired) electrons. The van der Waals surface area contributed by atoms with Gasteiger partial charge in [-0.25, -0.2) is 9.37 Å². The summed E-state index contributed by atoms with van der Waals surface area (Å²) in [6, 6.07) is 2.96. The first-order valence-corrected chi connectivity index (χ1v) is 4.13. The second-order valence-corrected chi connectivity index (χ2v) is 3.12. The minimum absolute atomic E-state index is 0.279. The third kappa shape index (κ3) is 1.35. The minimum Gasteiger partial charge on any atom is -0.251 e. The van der Waals surface area contributed by atoms with Crippen LogP contribution in [0.5, 0.6) is 0 Å². The van der Waals surface area contributed by atoms with Crippen molar-refractivity contribution < 1.29 is 4.39 Å². The number of fused-ring (bicyclic) bond motifs is 1. The Morgan fingerprint density at radius 1 is 1.38 bits per heavy atom. The quantitative estimate of drug-likeness (QED) is 0.648. The lowest BCUT2D eigenvalue weighted by atomic mass is 10.2. The number of benzene rings is 1. The van der Waals surface area contributed by atoms with Gasteiger partial charge >= 0.3 is 0 Å². The third-order valence-electron chi connectivity index (χ3n) is 1.87. The van der Waals surface area contributed by atoms with E-state index >= 15 is 0 Å². The van der Waals surface area contributed by atoms with E-state index in [9.17, 15) is 4.39 Å². The smallest absolute Gasteiger partial charge is 0.148 e. The summed E-state index contributed by atoms with van der Waals surface area (Å²) in [7, 11) is 0. The predicted octanol–water partition coefficient (Wildman–Crippen LogP) is 2.73. The summed E-state index contributed by atoms with van der Waals surface area (Å²) in [6.45, 7) is 1.66. The molecule has 66 valence electrons. The van der Waals surface area contributed by atoms with Gasteiger partial charge in [0.05, 0.1) is 17.2 Å². The summed E-state index contributed by atoms with van der Waals surface area (Å²) in [5.74, 6) is -0.288. The average molecular weight is 197 g/mol. The molecule has 0 aliphatic carbocycles. The molecule has 0 fully saturated rings. The van der Waals surface area contributed by atoms with Gasteiger partial charge < -0.3 is 0 Å². The molecule has 13 heavy (non-hydrogen) atoms. The molecule has 1 heterocycles. The molecule has 0 atom stereocenters. The molecule has 0 aliphatic rings. The molecular weight excluding hydrogens is 191 g/mol. The van der Waals surface area contributed by atoms with E-state index in [0.717, 1.165) is 0 Å². The van der Waals surface area contributed by atoms with Gasteiger partial charge in [-0.05, 0) is 19.1 Å². The molecule has 2 aromatic rings. The van der Waals surface area contributed by atoms with Crippen LogP contribution in [0.2, 0.25) is 5.15 Å². The molecular formula is C9H6ClFN2. The highest BCUT2D eigenvalue weighted by Gasteiger charge is 2.05. The molecule has 0 aliphatic heterocycles. The molecule has 2 nitrogen and oxygen atoms in total. The fourth-order valence-electron chi connectivity index (χ4n) is 1.17.